The molecule has 168 valence electrons. The summed E-state index contributed by atoms with van der Waals surface area (Å²) in [6, 6.07) is 7.97. The van der Waals surface area contributed by atoms with Gasteiger partial charge in [-0.2, -0.15) is 0 Å². The predicted octanol–water partition coefficient (Wildman–Crippen LogP) is 2.41. The third-order valence-electron chi connectivity index (χ3n) is 5.86. The summed E-state index contributed by atoms with van der Waals surface area (Å²) >= 11 is 0. The number of nitrogens with one attached hydrogen (secondary N) is 1. The molecular weight excluding hydrogens is 493 g/mol. The zero-order chi connectivity index (χ0) is 20.6. The number of hydrogen-bond acceptors (Lipinski definition) is 4. The van der Waals surface area contributed by atoms with Crippen molar-refractivity contribution in [2.75, 3.05) is 52.9 Å². The fourth-order valence-corrected chi connectivity index (χ4v) is 4.10. The van der Waals surface area contributed by atoms with Gasteiger partial charge < -0.3 is 19.9 Å². The molecule has 1 aromatic rings. The van der Waals surface area contributed by atoms with Gasteiger partial charge in [0.2, 0.25) is 5.91 Å². The Morgan fingerprint density at radius 1 is 1.10 bits per heavy atom. The number of rotatable bonds is 6. The van der Waals surface area contributed by atoms with Crippen LogP contribution in [-0.4, -0.2) is 85.5 Å². The number of nitrogens with zero attached hydrogens (tertiary/aromatic N) is 4. The molecule has 0 aliphatic carbocycles. The second-order valence-electron chi connectivity index (χ2n) is 7.71. The second-order valence-corrected chi connectivity index (χ2v) is 7.71. The number of amides is 1. The van der Waals surface area contributed by atoms with E-state index in [1.165, 1.54) is 0 Å². The van der Waals surface area contributed by atoms with E-state index in [9.17, 15) is 4.79 Å². The zero-order valence-electron chi connectivity index (χ0n) is 18.5. The van der Waals surface area contributed by atoms with Crippen LogP contribution in [0.3, 0.4) is 0 Å². The quantitative estimate of drug-likeness (QED) is 0.349. The third kappa shape index (κ3) is 6.23. The summed E-state index contributed by atoms with van der Waals surface area (Å²) in [4.78, 5) is 24.2. The summed E-state index contributed by atoms with van der Waals surface area (Å²) in [5.74, 6) is 2.08. The molecule has 0 radical (unpaired) electrons. The number of para-hydroxylation sites is 1. The number of ether oxygens (including phenoxy) is 1. The highest BCUT2D eigenvalue weighted by Crippen LogP contribution is 2.18. The molecule has 30 heavy (non-hydrogen) atoms. The maximum atomic E-state index is 12.7. The van der Waals surface area contributed by atoms with Gasteiger partial charge in [0.15, 0.2) is 5.96 Å². The highest BCUT2D eigenvalue weighted by molar-refractivity contribution is 14.0. The van der Waals surface area contributed by atoms with E-state index in [1.54, 1.807) is 7.11 Å². The van der Waals surface area contributed by atoms with Crippen molar-refractivity contribution in [3.05, 3.63) is 29.8 Å². The standard InChI is InChI=1S/C22H35N5O2.HI/c1-4-23-22(24-17-19-9-5-6-10-20(19)29-3)27-15-13-25(14-16-27)18(2)21(28)26-11-7-8-12-26;/h5-6,9-10,18H,4,7-8,11-17H2,1-3H3,(H,23,24);1H. The van der Waals surface area contributed by atoms with Crippen molar-refractivity contribution >= 4 is 35.8 Å². The molecule has 0 spiro atoms. The van der Waals surface area contributed by atoms with Crippen molar-refractivity contribution < 1.29 is 9.53 Å². The van der Waals surface area contributed by atoms with Crippen LogP contribution >= 0.6 is 24.0 Å². The molecule has 2 saturated heterocycles. The summed E-state index contributed by atoms with van der Waals surface area (Å²) in [5.41, 5.74) is 1.08. The summed E-state index contributed by atoms with van der Waals surface area (Å²) < 4.78 is 5.44. The van der Waals surface area contributed by atoms with Crippen molar-refractivity contribution in [3.63, 3.8) is 0 Å². The maximum Gasteiger partial charge on any atom is 0.239 e. The molecule has 1 atom stereocenters. The fraction of sp³-hybridized carbons (Fsp3) is 0.636. The Balaban J connectivity index is 0.00000320. The molecule has 7 nitrogen and oxygen atoms in total. The van der Waals surface area contributed by atoms with Crippen molar-refractivity contribution in [1.29, 1.82) is 0 Å². The number of aliphatic imine (C=N–C) groups is 1. The normalized spacial score (nSPS) is 18.7. The molecule has 1 amide bonds. The summed E-state index contributed by atoms with van der Waals surface area (Å²) in [6.45, 7) is 10.9. The Labute approximate surface area is 197 Å². The van der Waals surface area contributed by atoms with Gasteiger partial charge in [-0.05, 0) is 32.8 Å². The summed E-state index contributed by atoms with van der Waals surface area (Å²) in [7, 11) is 1.69. The van der Waals surface area contributed by atoms with Crippen molar-refractivity contribution in [1.82, 2.24) is 20.0 Å². The number of methoxy groups -OCH3 is 1. The van der Waals surface area contributed by atoms with Crippen LogP contribution < -0.4 is 10.1 Å². The third-order valence-corrected chi connectivity index (χ3v) is 5.86. The van der Waals surface area contributed by atoms with Gasteiger partial charge in [-0.25, -0.2) is 4.99 Å². The molecule has 1 aromatic carbocycles. The van der Waals surface area contributed by atoms with E-state index in [0.29, 0.717) is 6.54 Å². The first kappa shape index (κ1) is 24.7. The number of carbonyl (C=O) groups excluding carboxylic acids is 1. The van der Waals surface area contributed by atoms with Crippen molar-refractivity contribution in [2.45, 2.75) is 39.3 Å². The summed E-state index contributed by atoms with van der Waals surface area (Å²) in [5, 5.41) is 3.41. The van der Waals surface area contributed by atoms with Gasteiger partial charge in [0.05, 0.1) is 19.7 Å². The van der Waals surface area contributed by atoms with E-state index >= 15 is 0 Å². The average Bonchev–Trinajstić information content (AvgIpc) is 3.31. The molecule has 2 aliphatic rings. The second kappa shape index (κ2) is 12.3. The minimum atomic E-state index is -0.0386. The van der Waals surface area contributed by atoms with Gasteiger partial charge in [0, 0.05) is 51.4 Å². The first-order valence-electron chi connectivity index (χ1n) is 10.8. The minimum Gasteiger partial charge on any atom is -0.496 e. The minimum absolute atomic E-state index is 0. The van der Waals surface area contributed by atoms with Gasteiger partial charge in [0.1, 0.15) is 5.75 Å². The van der Waals surface area contributed by atoms with Crippen molar-refractivity contribution in [2.24, 2.45) is 4.99 Å². The van der Waals surface area contributed by atoms with Crippen LogP contribution in [0.5, 0.6) is 5.75 Å². The number of piperazine rings is 1. The average molecular weight is 529 g/mol. The van der Waals surface area contributed by atoms with Crippen LogP contribution in [0.25, 0.3) is 0 Å². The number of halogens is 1. The molecular formula is C22H36IN5O2. The molecule has 2 aliphatic heterocycles. The Kier molecular flexibility index (Phi) is 10.2. The largest absolute Gasteiger partial charge is 0.496 e. The first-order valence-corrected chi connectivity index (χ1v) is 10.8. The monoisotopic (exact) mass is 529 g/mol. The Morgan fingerprint density at radius 2 is 1.77 bits per heavy atom. The fourth-order valence-electron chi connectivity index (χ4n) is 4.10. The van der Waals surface area contributed by atoms with E-state index in [4.69, 9.17) is 9.73 Å². The lowest BCUT2D eigenvalue weighted by Gasteiger charge is -2.39. The molecule has 3 rings (SSSR count). The first-order chi connectivity index (χ1) is 14.1. The lowest BCUT2D eigenvalue weighted by atomic mass is 10.2. The highest BCUT2D eigenvalue weighted by Gasteiger charge is 2.30. The SMILES string of the molecule is CCNC(=NCc1ccccc1OC)N1CCN(C(C)C(=O)N2CCCC2)CC1.I. The topological polar surface area (TPSA) is 60.4 Å². The Morgan fingerprint density at radius 3 is 2.40 bits per heavy atom. The van der Waals surface area contributed by atoms with Gasteiger partial charge >= 0.3 is 0 Å². The van der Waals surface area contributed by atoms with Gasteiger partial charge in [-0.15, -0.1) is 24.0 Å². The van der Waals surface area contributed by atoms with Crippen LogP contribution in [0.4, 0.5) is 0 Å². The van der Waals surface area contributed by atoms with E-state index in [1.807, 2.05) is 23.1 Å². The summed E-state index contributed by atoms with van der Waals surface area (Å²) in [6.07, 6.45) is 2.28. The molecule has 2 heterocycles. The smallest absolute Gasteiger partial charge is 0.239 e. The van der Waals surface area contributed by atoms with Crippen molar-refractivity contribution in [3.8, 4) is 5.75 Å². The van der Waals surface area contributed by atoms with E-state index in [-0.39, 0.29) is 35.9 Å². The van der Waals surface area contributed by atoms with E-state index in [2.05, 4.69) is 35.0 Å². The molecule has 0 bridgehead atoms. The molecule has 0 aromatic heterocycles. The number of carbonyl (C=O) groups is 1. The molecule has 8 heteroatoms. The van der Waals surface area contributed by atoms with Gasteiger partial charge in [-0.3, -0.25) is 9.69 Å². The lowest BCUT2D eigenvalue weighted by molar-refractivity contribution is -0.135. The molecule has 2 fully saturated rings. The number of benzene rings is 1. The lowest BCUT2D eigenvalue weighted by Crippen LogP contribution is -2.57. The van der Waals surface area contributed by atoms with Gasteiger partial charge in [-0.1, -0.05) is 18.2 Å². The Hall–Kier alpha value is -1.55. The van der Waals surface area contributed by atoms with Crippen LogP contribution in [0.1, 0.15) is 32.3 Å². The molecule has 0 saturated carbocycles. The highest BCUT2D eigenvalue weighted by atomic mass is 127. The Bertz CT molecular complexity index is 701. The number of likely N-dealkylation sites (tertiary alicyclic amines) is 1. The van der Waals surface area contributed by atoms with E-state index < -0.39 is 0 Å². The number of guanidine groups is 1. The van der Waals surface area contributed by atoms with Gasteiger partial charge in [0.25, 0.3) is 0 Å². The molecule has 1 N–H and O–H groups in total. The van der Waals surface area contributed by atoms with E-state index in [0.717, 1.165) is 75.9 Å². The van der Waals surface area contributed by atoms with Crippen LogP contribution in [0.2, 0.25) is 0 Å². The van der Waals surface area contributed by atoms with Crippen LogP contribution in [-0.2, 0) is 11.3 Å². The maximum absolute atomic E-state index is 12.7. The zero-order valence-corrected chi connectivity index (χ0v) is 20.8. The predicted molar refractivity (Wildman–Crippen MR) is 132 cm³/mol. The van der Waals surface area contributed by atoms with Crippen LogP contribution in [0, 0.1) is 0 Å². The number of hydrogen-bond donors (Lipinski definition) is 1. The van der Waals surface area contributed by atoms with Crippen LogP contribution in [0.15, 0.2) is 29.3 Å². The molecule has 1 unspecified atom stereocenters.